The van der Waals surface area contributed by atoms with E-state index in [0.717, 1.165) is 0 Å². The van der Waals surface area contributed by atoms with E-state index in [-0.39, 0.29) is 13.0 Å². The quantitative estimate of drug-likeness (QED) is 0.754. The number of nitrogens with zero attached hydrogens (tertiary/aromatic N) is 1. The molecule has 0 rings (SSSR count). The number of carboxylic acid groups (broad SMARTS) is 1. The van der Waals surface area contributed by atoms with Crippen LogP contribution in [-0.4, -0.2) is 41.8 Å². The molecule has 0 saturated carbocycles. The second-order valence-electron chi connectivity index (χ2n) is 3.25. The number of halogens is 3. The second-order valence-corrected chi connectivity index (χ2v) is 3.25. The Balaban J connectivity index is 4.26. The van der Waals surface area contributed by atoms with E-state index < -0.39 is 18.1 Å². The summed E-state index contributed by atoms with van der Waals surface area (Å²) >= 11 is 0. The van der Waals surface area contributed by atoms with Gasteiger partial charge in [0.05, 0.1) is 0 Å². The van der Waals surface area contributed by atoms with E-state index in [1.165, 1.54) is 0 Å². The predicted octanol–water partition coefficient (Wildman–Crippen LogP) is 1.98. The van der Waals surface area contributed by atoms with Gasteiger partial charge in [0.2, 0.25) is 0 Å². The minimum atomic E-state index is -4.65. The molecule has 90 valence electrons. The molecule has 6 heteroatoms. The molecular weight excluding hydrogens is 211 g/mol. The monoisotopic (exact) mass is 227 g/mol. The minimum Gasteiger partial charge on any atom is -0.481 e. The molecule has 1 N–H and O–H groups in total. The van der Waals surface area contributed by atoms with Crippen molar-refractivity contribution in [2.45, 2.75) is 26.4 Å². The zero-order valence-electron chi connectivity index (χ0n) is 8.84. The van der Waals surface area contributed by atoms with Crippen LogP contribution in [0.2, 0.25) is 0 Å². The molecule has 0 spiro atoms. The van der Waals surface area contributed by atoms with Gasteiger partial charge in [-0.25, -0.2) is 0 Å². The summed E-state index contributed by atoms with van der Waals surface area (Å²) in [5.74, 6) is -4.05. The first-order chi connectivity index (χ1) is 6.82. The zero-order chi connectivity index (χ0) is 12.1. The highest BCUT2D eigenvalue weighted by Gasteiger charge is 2.44. The Morgan fingerprint density at radius 3 is 2.07 bits per heavy atom. The van der Waals surface area contributed by atoms with E-state index >= 15 is 0 Å². The van der Waals surface area contributed by atoms with Crippen molar-refractivity contribution in [3.05, 3.63) is 0 Å². The lowest BCUT2D eigenvalue weighted by atomic mass is 10.1. The summed E-state index contributed by atoms with van der Waals surface area (Å²) in [7, 11) is 0. The maximum Gasteiger partial charge on any atom is 0.402 e. The molecule has 0 amide bonds. The van der Waals surface area contributed by atoms with Gasteiger partial charge in [0.15, 0.2) is 5.92 Å². The van der Waals surface area contributed by atoms with Crippen LogP contribution >= 0.6 is 0 Å². The van der Waals surface area contributed by atoms with Crippen LogP contribution < -0.4 is 0 Å². The number of rotatable bonds is 6. The van der Waals surface area contributed by atoms with Crippen molar-refractivity contribution in [3.8, 4) is 0 Å². The lowest BCUT2D eigenvalue weighted by Gasteiger charge is -2.21. The van der Waals surface area contributed by atoms with Gasteiger partial charge in [0.25, 0.3) is 0 Å². The van der Waals surface area contributed by atoms with Crippen LogP contribution in [-0.2, 0) is 4.79 Å². The molecule has 3 nitrogen and oxygen atoms in total. The zero-order valence-corrected chi connectivity index (χ0v) is 8.84. The van der Waals surface area contributed by atoms with Gasteiger partial charge < -0.3 is 10.0 Å². The Labute approximate surface area is 86.9 Å². The van der Waals surface area contributed by atoms with E-state index in [0.29, 0.717) is 13.1 Å². The Morgan fingerprint density at radius 2 is 1.80 bits per heavy atom. The van der Waals surface area contributed by atoms with Gasteiger partial charge in [-0.1, -0.05) is 13.8 Å². The van der Waals surface area contributed by atoms with Crippen LogP contribution in [0.5, 0.6) is 0 Å². The van der Waals surface area contributed by atoms with Gasteiger partial charge in [-0.3, -0.25) is 4.79 Å². The number of carboxylic acids is 1. The second kappa shape index (κ2) is 5.95. The molecule has 0 heterocycles. The number of hydrogen-bond donors (Lipinski definition) is 1. The maximum atomic E-state index is 12.2. The fourth-order valence-corrected chi connectivity index (χ4v) is 1.28. The van der Waals surface area contributed by atoms with E-state index in [4.69, 9.17) is 5.11 Å². The number of hydrogen-bond acceptors (Lipinski definition) is 2. The van der Waals surface area contributed by atoms with E-state index in [1.807, 2.05) is 13.8 Å². The van der Waals surface area contributed by atoms with E-state index in [1.54, 1.807) is 4.90 Å². The Hall–Kier alpha value is -0.780. The Bertz CT molecular complexity index is 202. The van der Waals surface area contributed by atoms with Crippen LogP contribution in [0.25, 0.3) is 0 Å². The smallest absolute Gasteiger partial charge is 0.402 e. The van der Waals surface area contributed by atoms with Crippen molar-refractivity contribution in [2.24, 2.45) is 5.92 Å². The van der Waals surface area contributed by atoms with E-state index in [2.05, 4.69) is 0 Å². The summed E-state index contributed by atoms with van der Waals surface area (Å²) < 4.78 is 36.7. The summed E-state index contributed by atoms with van der Waals surface area (Å²) in [6.07, 6.45) is -5.04. The van der Waals surface area contributed by atoms with Crippen molar-refractivity contribution in [1.82, 2.24) is 4.90 Å². The first-order valence-corrected chi connectivity index (χ1v) is 4.84. The van der Waals surface area contributed by atoms with E-state index in [9.17, 15) is 18.0 Å². The van der Waals surface area contributed by atoms with Crippen LogP contribution in [0.4, 0.5) is 13.2 Å². The molecule has 0 unspecified atom stereocenters. The first-order valence-electron chi connectivity index (χ1n) is 4.84. The molecule has 15 heavy (non-hydrogen) atoms. The molecule has 0 aromatic heterocycles. The van der Waals surface area contributed by atoms with Gasteiger partial charge >= 0.3 is 12.1 Å². The average Bonchev–Trinajstić information content (AvgIpc) is 2.09. The Kier molecular flexibility index (Phi) is 5.64. The van der Waals surface area contributed by atoms with Gasteiger partial charge in [-0.05, 0) is 26.1 Å². The van der Waals surface area contributed by atoms with Crippen molar-refractivity contribution in [3.63, 3.8) is 0 Å². The molecule has 0 fully saturated rings. The third kappa shape index (κ3) is 5.01. The van der Waals surface area contributed by atoms with Gasteiger partial charge in [0, 0.05) is 0 Å². The summed E-state index contributed by atoms with van der Waals surface area (Å²) in [6, 6.07) is 0. The highest BCUT2D eigenvalue weighted by atomic mass is 19.4. The number of carbonyl (C=O) groups is 1. The van der Waals surface area contributed by atoms with Gasteiger partial charge in [-0.15, -0.1) is 0 Å². The van der Waals surface area contributed by atoms with Gasteiger partial charge in [0.1, 0.15) is 0 Å². The topological polar surface area (TPSA) is 40.5 Å². The maximum absolute atomic E-state index is 12.2. The third-order valence-electron chi connectivity index (χ3n) is 2.32. The predicted molar refractivity (Wildman–Crippen MR) is 49.6 cm³/mol. The van der Waals surface area contributed by atoms with Crippen LogP contribution in [0.3, 0.4) is 0 Å². The molecule has 0 aromatic carbocycles. The molecule has 0 aliphatic heterocycles. The average molecular weight is 227 g/mol. The number of aliphatic carboxylic acids is 1. The fraction of sp³-hybridized carbons (Fsp3) is 0.889. The van der Waals surface area contributed by atoms with Gasteiger partial charge in [-0.2, -0.15) is 13.2 Å². The fourth-order valence-electron chi connectivity index (χ4n) is 1.28. The number of alkyl halides is 3. The van der Waals surface area contributed by atoms with Crippen molar-refractivity contribution >= 4 is 5.97 Å². The molecule has 0 aliphatic rings. The molecule has 0 radical (unpaired) electrons. The van der Waals surface area contributed by atoms with Crippen molar-refractivity contribution < 1.29 is 23.1 Å². The lowest BCUT2D eigenvalue weighted by molar-refractivity contribution is -0.195. The summed E-state index contributed by atoms with van der Waals surface area (Å²) in [5.41, 5.74) is 0. The standard InChI is InChI=1S/C9H16F3NO2/c1-3-13(4-2)6-5-7(8(14)15)9(10,11)12/h7H,3-6H2,1-2H3,(H,14,15)/t7-/m1/s1. The van der Waals surface area contributed by atoms with Crippen molar-refractivity contribution in [2.75, 3.05) is 19.6 Å². The summed E-state index contributed by atoms with van der Waals surface area (Å²) in [5, 5.41) is 8.43. The normalized spacial score (nSPS) is 14.3. The molecular formula is C9H16F3NO2. The van der Waals surface area contributed by atoms with Crippen molar-refractivity contribution in [1.29, 1.82) is 0 Å². The Morgan fingerprint density at radius 1 is 1.33 bits per heavy atom. The summed E-state index contributed by atoms with van der Waals surface area (Å²) in [4.78, 5) is 12.2. The minimum absolute atomic E-state index is 0.156. The molecule has 0 saturated heterocycles. The van der Waals surface area contributed by atoms with Crippen LogP contribution in [0.15, 0.2) is 0 Å². The highest BCUT2D eigenvalue weighted by molar-refractivity contribution is 5.70. The molecule has 0 bridgehead atoms. The lowest BCUT2D eigenvalue weighted by Crippen LogP contribution is -2.35. The third-order valence-corrected chi connectivity index (χ3v) is 2.32. The SMILES string of the molecule is CCN(CC)CC[C@H](C(=O)O)C(F)(F)F. The van der Waals surface area contributed by atoms with Crippen LogP contribution in [0, 0.1) is 5.92 Å². The summed E-state index contributed by atoms with van der Waals surface area (Å²) in [6.45, 7) is 5.06. The molecule has 0 aliphatic carbocycles. The molecule has 1 atom stereocenters. The van der Waals surface area contributed by atoms with Crippen LogP contribution in [0.1, 0.15) is 20.3 Å². The molecule has 0 aromatic rings. The first kappa shape index (κ1) is 14.2. The largest absolute Gasteiger partial charge is 0.481 e. The highest BCUT2D eigenvalue weighted by Crippen LogP contribution is 2.29.